The largest absolute Gasteiger partial charge is 0.325 e. The Morgan fingerprint density at radius 2 is 1.94 bits per heavy atom. The first-order valence-corrected chi connectivity index (χ1v) is 10.4. The maximum absolute atomic E-state index is 13.0. The van der Waals surface area contributed by atoms with Gasteiger partial charge in [-0.15, -0.1) is 0 Å². The van der Waals surface area contributed by atoms with Crippen molar-refractivity contribution < 1.29 is 9.18 Å². The summed E-state index contributed by atoms with van der Waals surface area (Å²) >= 11 is 0. The number of piperidine rings is 1. The second-order valence-corrected chi connectivity index (χ2v) is 7.75. The predicted octanol–water partition coefficient (Wildman–Crippen LogP) is 3.88. The Kier molecular flexibility index (Phi) is 6.47. The molecule has 2 N–H and O–H groups in total. The third-order valence-corrected chi connectivity index (χ3v) is 5.21. The van der Waals surface area contributed by atoms with Crippen LogP contribution >= 0.6 is 0 Å². The molecule has 7 nitrogen and oxygen atoms in total. The second-order valence-electron chi connectivity index (χ2n) is 7.75. The lowest BCUT2D eigenvalue weighted by molar-refractivity contribution is -0.117. The molecule has 3 heterocycles. The van der Waals surface area contributed by atoms with Gasteiger partial charge in [-0.25, -0.2) is 14.4 Å². The zero-order valence-electron chi connectivity index (χ0n) is 17.4. The fraction of sp³-hybridized carbons (Fsp3) is 0.304. The molecule has 1 fully saturated rings. The molecule has 8 heteroatoms. The van der Waals surface area contributed by atoms with Crippen LogP contribution < -0.4 is 10.6 Å². The van der Waals surface area contributed by atoms with Gasteiger partial charge >= 0.3 is 0 Å². The first-order valence-electron chi connectivity index (χ1n) is 10.4. The highest BCUT2D eigenvalue weighted by molar-refractivity contribution is 5.92. The molecule has 1 unspecified atom stereocenters. The van der Waals surface area contributed by atoms with Crippen molar-refractivity contribution in [2.24, 2.45) is 0 Å². The van der Waals surface area contributed by atoms with Crippen molar-refractivity contribution in [3.63, 3.8) is 0 Å². The second kappa shape index (κ2) is 9.61. The van der Waals surface area contributed by atoms with E-state index in [-0.39, 0.29) is 17.6 Å². The number of aromatic nitrogens is 3. The first-order chi connectivity index (χ1) is 15.0. The molecule has 0 radical (unpaired) electrons. The summed E-state index contributed by atoms with van der Waals surface area (Å²) < 4.78 is 13.0. The lowest BCUT2D eigenvalue weighted by Gasteiger charge is -2.32. The monoisotopic (exact) mass is 420 g/mol. The molecule has 0 saturated carbocycles. The fourth-order valence-corrected chi connectivity index (χ4v) is 3.85. The van der Waals surface area contributed by atoms with E-state index in [4.69, 9.17) is 4.98 Å². The van der Waals surface area contributed by atoms with Gasteiger partial charge in [0.2, 0.25) is 11.9 Å². The zero-order valence-corrected chi connectivity index (χ0v) is 17.4. The number of rotatable bonds is 6. The van der Waals surface area contributed by atoms with Gasteiger partial charge in [0.05, 0.1) is 6.54 Å². The van der Waals surface area contributed by atoms with E-state index in [0.29, 0.717) is 18.2 Å². The van der Waals surface area contributed by atoms with Crippen molar-refractivity contribution in [1.29, 1.82) is 0 Å². The van der Waals surface area contributed by atoms with Gasteiger partial charge in [-0.2, -0.15) is 0 Å². The number of nitrogens with zero attached hydrogens (tertiary/aromatic N) is 4. The van der Waals surface area contributed by atoms with Crippen LogP contribution in [0.3, 0.4) is 0 Å². The molecule has 0 bridgehead atoms. The molecular formula is C23H25FN6O. The molecule has 1 aromatic carbocycles. The minimum Gasteiger partial charge on any atom is -0.325 e. The summed E-state index contributed by atoms with van der Waals surface area (Å²) in [6.07, 6.45) is 5.41. The lowest BCUT2D eigenvalue weighted by Crippen LogP contribution is -2.40. The molecule has 1 aliphatic heterocycles. The van der Waals surface area contributed by atoms with Crippen LogP contribution in [0.2, 0.25) is 0 Å². The van der Waals surface area contributed by atoms with Gasteiger partial charge in [0.15, 0.2) is 0 Å². The Morgan fingerprint density at radius 1 is 1.16 bits per heavy atom. The summed E-state index contributed by atoms with van der Waals surface area (Å²) in [7, 11) is 0. The Labute approximate surface area is 180 Å². The van der Waals surface area contributed by atoms with Crippen LogP contribution in [0.5, 0.6) is 0 Å². The molecule has 1 saturated heterocycles. The summed E-state index contributed by atoms with van der Waals surface area (Å²) in [4.78, 5) is 27.7. The van der Waals surface area contributed by atoms with Gasteiger partial charge in [-0.3, -0.25) is 14.7 Å². The maximum Gasteiger partial charge on any atom is 0.238 e. The van der Waals surface area contributed by atoms with Crippen LogP contribution in [0.15, 0.2) is 54.9 Å². The molecule has 31 heavy (non-hydrogen) atoms. The van der Waals surface area contributed by atoms with Crippen LogP contribution in [-0.2, 0) is 4.79 Å². The van der Waals surface area contributed by atoms with Crippen molar-refractivity contribution in [2.45, 2.75) is 25.7 Å². The number of likely N-dealkylation sites (tertiary alicyclic amines) is 1. The SMILES string of the molecule is Cc1cc(Nc2ncccn2)cc(C2CCCN(CC(=O)Nc3ccc(F)cc3)C2)n1. The lowest BCUT2D eigenvalue weighted by atomic mass is 9.93. The molecular weight excluding hydrogens is 395 g/mol. The van der Waals surface area contributed by atoms with E-state index in [9.17, 15) is 9.18 Å². The number of hydrogen-bond acceptors (Lipinski definition) is 6. The van der Waals surface area contributed by atoms with E-state index < -0.39 is 0 Å². The van der Waals surface area contributed by atoms with Gasteiger partial charge < -0.3 is 10.6 Å². The van der Waals surface area contributed by atoms with E-state index >= 15 is 0 Å². The number of pyridine rings is 1. The van der Waals surface area contributed by atoms with Crippen molar-refractivity contribution in [3.8, 4) is 0 Å². The zero-order chi connectivity index (χ0) is 21.6. The van der Waals surface area contributed by atoms with Crippen LogP contribution in [-0.4, -0.2) is 45.4 Å². The van der Waals surface area contributed by atoms with E-state index in [0.717, 1.165) is 43.0 Å². The Morgan fingerprint density at radius 3 is 2.71 bits per heavy atom. The quantitative estimate of drug-likeness (QED) is 0.630. The number of carbonyl (C=O) groups is 1. The number of carbonyl (C=O) groups excluding carboxylic acids is 1. The number of anilines is 3. The van der Waals surface area contributed by atoms with E-state index in [1.165, 1.54) is 12.1 Å². The van der Waals surface area contributed by atoms with E-state index in [1.807, 2.05) is 19.1 Å². The number of benzene rings is 1. The summed E-state index contributed by atoms with van der Waals surface area (Å²) in [6, 6.07) is 11.6. The smallest absolute Gasteiger partial charge is 0.238 e. The van der Waals surface area contributed by atoms with Crippen LogP contribution in [0, 0.1) is 12.7 Å². The fourth-order valence-electron chi connectivity index (χ4n) is 3.85. The Hall–Kier alpha value is -3.39. The molecule has 0 spiro atoms. The van der Waals surface area contributed by atoms with Crippen LogP contribution in [0.4, 0.5) is 21.7 Å². The Bertz CT molecular complexity index is 1030. The average molecular weight is 420 g/mol. The minimum absolute atomic E-state index is 0.104. The summed E-state index contributed by atoms with van der Waals surface area (Å²) in [5, 5.41) is 6.06. The maximum atomic E-state index is 13.0. The minimum atomic E-state index is -0.324. The van der Waals surface area contributed by atoms with Crippen molar-refractivity contribution in [2.75, 3.05) is 30.3 Å². The number of aryl methyl sites for hydroxylation is 1. The summed E-state index contributed by atoms with van der Waals surface area (Å²) in [6.45, 7) is 3.89. The Balaban J connectivity index is 1.39. The highest BCUT2D eigenvalue weighted by Gasteiger charge is 2.24. The van der Waals surface area contributed by atoms with Crippen molar-refractivity contribution in [1.82, 2.24) is 19.9 Å². The van der Waals surface area contributed by atoms with Crippen LogP contribution in [0.25, 0.3) is 0 Å². The molecule has 3 aromatic rings. The van der Waals surface area contributed by atoms with Gasteiger partial charge in [-0.05, 0) is 68.8 Å². The van der Waals surface area contributed by atoms with E-state index in [1.54, 1.807) is 30.6 Å². The molecule has 4 rings (SSSR count). The number of halogens is 1. The summed E-state index contributed by atoms with van der Waals surface area (Å²) in [5.74, 6) is 0.356. The molecule has 0 aliphatic carbocycles. The first kappa shape index (κ1) is 20.9. The highest BCUT2D eigenvalue weighted by atomic mass is 19.1. The van der Waals surface area contributed by atoms with Crippen molar-refractivity contribution in [3.05, 3.63) is 72.1 Å². The molecule has 1 aliphatic rings. The van der Waals surface area contributed by atoms with Crippen molar-refractivity contribution >= 4 is 23.2 Å². The molecule has 1 atom stereocenters. The number of nitrogens with one attached hydrogen (secondary N) is 2. The highest BCUT2D eigenvalue weighted by Crippen LogP contribution is 2.28. The molecule has 160 valence electrons. The van der Waals surface area contributed by atoms with Crippen LogP contribution in [0.1, 0.15) is 30.1 Å². The van der Waals surface area contributed by atoms with Gasteiger partial charge in [0.1, 0.15) is 5.82 Å². The molecule has 2 aromatic heterocycles. The third-order valence-electron chi connectivity index (χ3n) is 5.21. The number of hydrogen-bond donors (Lipinski definition) is 2. The number of amides is 1. The van der Waals surface area contributed by atoms with Gasteiger partial charge in [-0.1, -0.05) is 0 Å². The van der Waals surface area contributed by atoms with Gasteiger partial charge in [0, 0.05) is 47.6 Å². The van der Waals surface area contributed by atoms with E-state index in [2.05, 4.69) is 25.5 Å². The topological polar surface area (TPSA) is 83.0 Å². The molecule has 1 amide bonds. The average Bonchev–Trinajstić information content (AvgIpc) is 2.76. The van der Waals surface area contributed by atoms with Gasteiger partial charge in [0.25, 0.3) is 0 Å². The summed E-state index contributed by atoms with van der Waals surface area (Å²) in [5.41, 5.74) is 3.42. The standard InChI is InChI=1S/C23H25FN6O/c1-16-12-20(29-23-25-9-3-10-26-23)13-21(27-16)17-4-2-11-30(14-17)15-22(31)28-19-7-5-18(24)6-8-19/h3,5-10,12-13,17H,2,4,11,14-15H2,1H3,(H,28,31)(H,25,26,27,29). The third kappa shape index (κ3) is 5.82. The normalized spacial score (nSPS) is 16.6. The predicted molar refractivity (Wildman–Crippen MR) is 118 cm³/mol.